The van der Waals surface area contributed by atoms with E-state index in [4.69, 9.17) is 5.73 Å². The number of halogens is 3. The van der Waals surface area contributed by atoms with Crippen LogP contribution in [0.5, 0.6) is 5.75 Å². The number of rotatable bonds is 4. The number of anilines is 1. The second kappa shape index (κ2) is 5.36. The first kappa shape index (κ1) is 12.3. The molecule has 0 aliphatic heterocycles. The van der Waals surface area contributed by atoms with Crippen LogP contribution in [-0.2, 0) is 4.79 Å². The second-order valence-corrected chi connectivity index (χ2v) is 2.78. The molecule has 7 heteroatoms. The molecule has 16 heavy (non-hydrogen) atoms. The number of carbonyl (C=O) groups is 1. The van der Waals surface area contributed by atoms with Gasteiger partial charge in [0.1, 0.15) is 0 Å². The highest BCUT2D eigenvalue weighted by Gasteiger charge is 2.10. The van der Waals surface area contributed by atoms with E-state index in [0.717, 1.165) is 12.1 Å². The van der Waals surface area contributed by atoms with E-state index in [2.05, 4.69) is 10.1 Å². The van der Waals surface area contributed by atoms with Crippen LogP contribution in [0.15, 0.2) is 18.2 Å². The lowest BCUT2D eigenvalue weighted by molar-refractivity contribution is -0.114. The number of carbonyl (C=O) groups excluding carboxylic acids is 1. The zero-order valence-electron chi connectivity index (χ0n) is 8.04. The minimum absolute atomic E-state index is 0.120. The van der Waals surface area contributed by atoms with E-state index in [1.54, 1.807) is 0 Å². The van der Waals surface area contributed by atoms with Gasteiger partial charge in [0.15, 0.2) is 11.6 Å². The Morgan fingerprint density at radius 3 is 2.69 bits per heavy atom. The fraction of sp³-hybridized carbons (Fsp3) is 0.222. The predicted molar refractivity (Wildman–Crippen MR) is 50.7 cm³/mol. The predicted octanol–water partition coefficient (Wildman–Crippen LogP) is 1.32. The van der Waals surface area contributed by atoms with E-state index in [1.165, 1.54) is 6.07 Å². The Morgan fingerprint density at radius 2 is 2.19 bits per heavy atom. The Hall–Kier alpha value is -1.76. The van der Waals surface area contributed by atoms with Crippen LogP contribution in [0.3, 0.4) is 0 Å². The molecule has 0 aliphatic carbocycles. The molecule has 1 aromatic rings. The summed E-state index contributed by atoms with van der Waals surface area (Å²) in [5.74, 6) is -2.09. The molecule has 1 amide bonds. The number of benzene rings is 1. The van der Waals surface area contributed by atoms with Crippen LogP contribution in [-0.4, -0.2) is 19.1 Å². The Labute approximate surface area is 89.2 Å². The SMILES string of the molecule is NCC(=O)Nc1ccc(OC(F)F)c(F)c1. The average molecular weight is 234 g/mol. The van der Waals surface area contributed by atoms with Crippen molar-refractivity contribution in [2.75, 3.05) is 11.9 Å². The summed E-state index contributed by atoms with van der Waals surface area (Å²) in [6.07, 6.45) is 0. The molecule has 0 fully saturated rings. The van der Waals surface area contributed by atoms with Gasteiger partial charge < -0.3 is 15.8 Å². The zero-order valence-corrected chi connectivity index (χ0v) is 8.04. The van der Waals surface area contributed by atoms with Gasteiger partial charge in [0.05, 0.1) is 6.54 Å². The van der Waals surface area contributed by atoms with Gasteiger partial charge >= 0.3 is 6.61 Å². The molecule has 0 saturated heterocycles. The van der Waals surface area contributed by atoms with Crippen LogP contribution in [0, 0.1) is 5.82 Å². The highest BCUT2D eigenvalue weighted by atomic mass is 19.3. The summed E-state index contributed by atoms with van der Waals surface area (Å²) in [7, 11) is 0. The Bertz CT molecular complexity index is 385. The molecular weight excluding hydrogens is 225 g/mol. The van der Waals surface area contributed by atoms with E-state index in [1.807, 2.05) is 0 Å². The van der Waals surface area contributed by atoms with Gasteiger partial charge in [0.25, 0.3) is 0 Å². The van der Waals surface area contributed by atoms with E-state index in [0.29, 0.717) is 0 Å². The summed E-state index contributed by atoms with van der Waals surface area (Å²) in [6.45, 7) is -3.35. The normalized spacial score (nSPS) is 10.3. The van der Waals surface area contributed by atoms with Crippen molar-refractivity contribution in [3.63, 3.8) is 0 Å². The number of nitrogens with two attached hydrogens (primary N) is 1. The van der Waals surface area contributed by atoms with Crippen LogP contribution >= 0.6 is 0 Å². The van der Waals surface area contributed by atoms with Crippen molar-refractivity contribution >= 4 is 11.6 Å². The Balaban J connectivity index is 2.78. The van der Waals surface area contributed by atoms with Gasteiger partial charge in [-0.2, -0.15) is 8.78 Å². The van der Waals surface area contributed by atoms with Crippen molar-refractivity contribution in [3.8, 4) is 5.75 Å². The van der Waals surface area contributed by atoms with Crippen molar-refractivity contribution in [2.45, 2.75) is 6.61 Å². The molecule has 0 unspecified atom stereocenters. The van der Waals surface area contributed by atoms with Gasteiger partial charge in [-0.05, 0) is 12.1 Å². The highest BCUT2D eigenvalue weighted by molar-refractivity contribution is 5.92. The molecule has 1 aromatic carbocycles. The largest absolute Gasteiger partial charge is 0.432 e. The molecular formula is C9H9F3N2O2. The molecule has 0 aliphatic rings. The summed E-state index contributed by atoms with van der Waals surface area (Å²) < 4.78 is 40.6. The standard InChI is InChI=1S/C9H9F3N2O2/c10-6-3-5(14-8(15)4-13)1-2-7(6)16-9(11)12/h1-3,9H,4,13H2,(H,14,15). The number of hydrogen-bond donors (Lipinski definition) is 2. The molecule has 3 N–H and O–H groups in total. The third-order valence-corrected chi connectivity index (χ3v) is 1.62. The Morgan fingerprint density at radius 1 is 1.50 bits per heavy atom. The zero-order chi connectivity index (χ0) is 12.1. The summed E-state index contributed by atoms with van der Waals surface area (Å²) >= 11 is 0. The maximum absolute atomic E-state index is 13.1. The third kappa shape index (κ3) is 3.43. The molecule has 4 nitrogen and oxygen atoms in total. The fourth-order valence-electron chi connectivity index (χ4n) is 0.982. The quantitative estimate of drug-likeness (QED) is 0.825. The average Bonchev–Trinajstić information content (AvgIpc) is 2.21. The van der Waals surface area contributed by atoms with Gasteiger partial charge in [0, 0.05) is 11.8 Å². The van der Waals surface area contributed by atoms with Crippen LogP contribution in [0.25, 0.3) is 0 Å². The fourth-order valence-corrected chi connectivity index (χ4v) is 0.982. The minimum atomic E-state index is -3.10. The van der Waals surface area contributed by atoms with Crippen molar-refractivity contribution in [3.05, 3.63) is 24.0 Å². The molecule has 0 radical (unpaired) electrons. The lowest BCUT2D eigenvalue weighted by Gasteiger charge is -2.08. The van der Waals surface area contributed by atoms with Crippen LogP contribution in [0.1, 0.15) is 0 Å². The van der Waals surface area contributed by atoms with E-state index >= 15 is 0 Å². The van der Waals surface area contributed by atoms with Gasteiger partial charge in [0.2, 0.25) is 5.91 Å². The van der Waals surface area contributed by atoms with E-state index in [-0.39, 0.29) is 12.2 Å². The van der Waals surface area contributed by atoms with Crippen molar-refractivity contribution in [2.24, 2.45) is 5.73 Å². The van der Waals surface area contributed by atoms with Crippen LogP contribution in [0.2, 0.25) is 0 Å². The summed E-state index contributed by atoms with van der Waals surface area (Å²) in [4.78, 5) is 10.8. The number of nitrogens with one attached hydrogen (secondary N) is 1. The lowest BCUT2D eigenvalue weighted by atomic mass is 10.3. The van der Waals surface area contributed by atoms with Gasteiger partial charge in [-0.3, -0.25) is 4.79 Å². The second-order valence-electron chi connectivity index (χ2n) is 2.78. The van der Waals surface area contributed by atoms with Crippen LogP contribution < -0.4 is 15.8 Å². The maximum Gasteiger partial charge on any atom is 0.387 e. The minimum Gasteiger partial charge on any atom is -0.432 e. The Kier molecular flexibility index (Phi) is 4.12. The van der Waals surface area contributed by atoms with Crippen molar-refractivity contribution in [1.29, 1.82) is 0 Å². The third-order valence-electron chi connectivity index (χ3n) is 1.62. The van der Waals surface area contributed by atoms with E-state index in [9.17, 15) is 18.0 Å². The lowest BCUT2D eigenvalue weighted by Crippen LogP contribution is -2.21. The maximum atomic E-state index is 13.1. The van der Waals surface area contributed by atoms with Crippen molar-refractivity contribution < 1.29 is 22.7 Å². The first-order valence-corrected chi connectivity index (χ1v) is 4.27. The molecule has 0 heterocycles. The summed E-state index contributed by atoms with van der Waals surface area (Å²) in [5.41, 5.74) is 5.14. The number of alkyl halides is 2. The number of hydrogen-bond acceptors (Lipinski definition) is 3. The van der Waals surface area contributed by atoms with Gasteiger partial charge in [-0.15, -0.1) is 0 Å². The van der Waals surface area contributed by atoms with Gasteiger partial charge in [-0.1, -0.05) is 0 Å². The highest BCUT2D eigenvalue weighted by Crippen LogP contribution is 2.22. The van der Waals surface area contributed by atoms with Crippen LogP contribution in [0.4, 0.5) is 18.9 Å². The molecule has 0 spiro atoms. The summed E-state index contributed by atoms with van der Waals surface area (Å²) in [5, 5.41) is 2.27. The molecule has 1 rings (SSSR count). The smallest absolute Gasteiger partial charge is 0.387 e. The molecule has 0 aromatic heterocycles. The molecule has 0 atom stereocenters. The first-order chi connectivity index (χ1) is 7.52. The van der Waals surface area contributed by atoms with E-state index < -0.39 is 24.1 Å². The van der Waals surface area contributed by atoms with Crippen molar-refractivity contribution in [1.82, 2.24) is 0 Å². The topological polar surface area (TPSA) is 64.4 Å². The molecule has 0 saturated carbocycles. The number of ether oxygens (including phenoxy) is 1. The first-order valence-electron chi connectivity index (χ1n) is 4.27. The molecule has 0 bridgehead atoms. The number of amides is 1. The monoisotopic (exact) mass is 234 g/mol. The summed E-state index contributed by atoms with van der Waals surface area (Å²) in [6, 6.07) is 3.09. The molecule has 88 valence electrons. The van der Waals surface area contributed by atoms with Gasteiger partial charge in [-0.25, -0.2) is 4.39 Å².